The lowest BCUT2D eigenvalue weighted by Gasteiger charge is -2.45. The van der Waals surface area contributed by atoms with Crippen LogP contribution in [0.25, 0.3) is 0 Å². The molecule has 1 aliphatic rings. The predicted molar refractivity (Wildman–Crippen MR) is 68.8 cm³/mol. The van der Waals surface area contributed by atoms with Crippen molar-refractivity contribution in [3.8, 4) is 0 Å². The lowest BCUT2D eigenvalue weighted by Crippen LogP contribution is -2.60. The van der Waals surface area contributed by atoms with Crippen molar-refractivity contribution in [3.05, 3.63) is 0 Å². The van der Waals surface area contributed by atoms with Crippen LogP contribution in [0.2, 0.25) is 0 Å². The molecule has 0 spiro atoms. The Balaban J connectivity index is 2.51. The van der Waals surface area contributed by atoms with E-state index in [2.05, 4.69) is 44.8 Å². The first-order valence-corrected chi connectivity index (χ1v) is 6.50. The molecule has 1 heterocycles. The number of rotatable bonds is 4. The van der Waals surface area contributed by atoms with Crippen molar-refractivity contribution in [2.45, 2.75) is 46.7 Å². The van der Waals surface area contributed by atoms with Gasteiger partial charge in [-0.15, -0.1) is 0 Å². The third-order valence-corrected chi connectivity index (χ3v) is 3.34. The summed E-state index contributed by atoms with van der Waals surface area (Å²) in [6.07, 6.45) is 0. The summed E-state index contributed by atoms with van der Waals surface area (Å²) in [5.41, 5.74) is 0.333. The van der Waals surface area contributed by atoms with Gasteiger partial charge in [0.1, 0.15) is 0 Å². The number of nitrogens with zero attached hydrogens (tertiary/aromatic N) is 1. The highest BCUT2D eigenvalue weighted by Crippen LogP contribution is 2.26. The van der Waals surface area contributed by atoms with E-state index >= 15 is 0 Å². The number of ether oxygens (including phenoxy) is 1. The Labute approximate surface area is 101 Å². The quantitative estimate of drug-likeness (QED) is 0.742. The average molecular weight is 228 g/mol. The molecule has 1 N–H and O–H groups in total. The standard InChI is InChI=1S/C13H28N2O/c1-6-16-8-7-15-10-11(2)14-9-12(15)13(3,4)5/h11-12,14H,6-10H2,1-5H3. The second-order valence-corrected chi connectivity index (χ2v) is 5.88. The molecule has 1 rings (SSSR count). The van der Waals surface area contributed by atoms with E-state index in [9.17, 15) is 0 Å². The molecule has 0 aliphatic carbocycles. The van der Waals surface area contributed by atoms with Crippen molar-refractivity contribution in [3.63, 3.8) is 0 Å². The van der Waals surface area contributed by atoms with Crippen molar-refractivity contribution < 1.29 is 4.74 Å². The van der Waals surface area contributed by atoms with Crippen LogP contribution in [0.15, 0.2) is 0 Å². The molecule has 1 fully saturated rings. The van der Waals surface area contributed by atoms with Gasteiger partial charge >= 0.3 is 0 Å². The van der Waals surface area contributed by atoms with Gasteiger partial charge < -0.3 is 10.1 Å². The van der Waals surface area contributed by atoms with Crippen LogP contribution in [0.5, 0.6) is 0 Å². The lowest BCUT2D eigenvalue weighted by molar-refractivity contribution is 0.0296. The summed E-state index contributed by atoms with van der Waals surface area (Å²) in [5, 5.41) is 3.58. The van der Waals surface area contributed by atoms with Crippen molar-refractivity contribution in [2.24, 2.45) is 5.41 Å². The largest absolute Gasteiger partial charge is 0.380 e. The molecule has 0 bridgehead atoms. The fraction of sp³-hybridized carbons (Fsp3) is 1.00. The van der Waals surface area contributed by atoms with Gasteiger partial charge in [-0.3, -0.25) is 4.90 Å². The molecule has 0 aromatic carbocycles. The van der Waals surface area contributed by atoms with Crippen molar-refractivity contribution in [1.82, 2.24) is 10.2 Å². The minimum Gasteiger partial charge on any atom is -0.380 e. The smallest absolute Gasteiger partial charge is 0.0593 e. The van der Waals surface area contributed by atoms with Crippen LogP contribution in [0.1, 0.15) is 34.6 Å². The summed E-state index contributed by atoms with van der Waals surface area (Å²) in [4.78, 5) is 2.58. The zero-order chi connectivity index (χ0) is 12.2. The van der Waals surface area contributed by atoms with E-state index in [1.165, 1.54) is 0 Å². The highest BCUT2D eigenvalue weighted by Gasteiger charge is 2.33. The Hall–Kier alpha value is -0.120. The van der Waals surface area contributed by atoms with Gasteiger partial charge in [0, 0.05) is 38.3 Å². The summed E-state index contributed by atoms with van der Waals surface area (Å²) in [6.45, 7) is 16.2. The third-order valence-electron chi connectivity index (χ3n) is 3.34. The van der Waals surface area contributed by atoms with E-state index in [1.807, 2.05) is 0 Å². The average Bonchev–Trinajstić information content (AvgIpc) is 2.16. The number of hydrogen-bond acceptors (Lipinski definition) is 3. The fourth-order valence-corrected chi connectivity index (χ4v) is 2.41. The molecule has 3 heteroatoms. The van der Waals surface area contributed by atoms with E-state index in [0.717, 1.165) is 32.8 Å². The second-order valence-electron chi connectivity index (χ2n) is 5.88. The Kier molecular flexibility index (Phi) is 5.22. The van der Waals surface area contributed by atoms with Gasteiger partial charge in [-0.25, -0.2) is 0 Å². The van der Waals surface area contributed by atoms with Crippen molar-refractivity contribution in [1.29, 1.82) is 0 Å². The molecule has 0 aromatic rings. The highest BCUT2D eigenvalue weighted by atomic mass is 16.5. The van der Waals surface area contributed by atoms with E-state index in [0.29, 0.717) is 17.5 Å². The maximum Gasteiger partial charge on any atom is 0.0593 e. The molecule has 16 heavy (non-hydrogen) atoms. The molecule has 0 radical (unpaired) electrons. The van der Waals surface area contributed by atoms with Gasteiger partial charge in [-0.2, -0.15) is 0 Å². The van der Waals surface area contributed by atoms with Crippen LogP contribution in [-0.2, 0) is 4.74 Å². The van der Waals surface area contributed by atoms with Crippen LogP contribution in [0.4, 0.5) is 0 Å². The molecule has 0 aromatic heterocycles. The van der Waals surface area contributed by atoms with Crippen molar-refractivity contribution >= 4 is 0 Å². The van der Waals surface area contributed by atoms with Gasteiger partial charge in [0.2, 0.25) is 0 Å². The van der Waals surface area contributed by atoms with Gasteiger partial charge in [0.15, 0.2) is 0 Å². The molecule has 0 saturated carbocycles. The normalized spacial score (nSPS) is 28.3. The SMILES string of the molecule is CCOCCN1CC(C)NCC1C(C)(C)C. The van der Waals surface area contributed by atoms with Crippen LogP contribution in [0, 0.1) is 5.41 Å². The molecule has 1 saturated heterocycles. The van der Waals surface area contributed by atoms with E-state index in [4.69, 9.17) is 4.74 Å². The highest BCUT2D eigenvalue weighted by molar-refractivity contribution is 4.91. The summed E-state index contributed by atoms with van der Waals surface area (Å²) in [5.74, 6) is 0. The van der Waals surface area contributed by atoms with E-state index < -0.39 is 0 Å². The summed E-state index contributed by atoms with van der Waals surface area (Å²) in [7, 11) is 0. The first-order valence-electron chi connectivity index (χ1n) is 6.50. The van der Waals surface area contributed by atoms with E-state index in [1.54, 1.807) is 0 Å². The topological polar surface area (TPSA) is 24.5 Å². The molecular weight excluding hydrogens is 200 g/mol. The summed E-state index contributed by atoms with van der Waals surface area (Å²) < 4.78 is 5.47. The van der Waals surface area contributed by atoms with Crippen LogP contribution in [-0.4, -0.2) is 49.8 Å². The number of piperazine rings is 1. The molecule has 96 valence electrons. The minimum absolute atomic E-state index is 0.333. The lowest BCUT2D eigenvalue weighted by atomic mass is 9.84. The molecule has 2 atom stereocenters. The summed E-state index contributed by atoms with van der Waals surface area (Å²) >= 11 is 0. The van der Waals surface area contributed by atoms with Crippen molar-refractivity contribution in [2.75, 3.05) is 32.8 Å². The van der Waals surface area contributed by atoms with Crippen LogP contribution >= 0.6 is 0 Å². The van der Waals surface area contributed by atoms with Crippen LogP contribution in [0.3, 0.4) is 0 Å². The third kappa shape index (κ3) is 4.04. The zero-order valence-corrected chi connectivity index (χ0v) is 11.5. The van der Waals surface area contributed by atoms with Crippen LogP contribution < -0.4 is 5.32 Å². The van der Waals surface area contributed by atoms with Gasteiger partial charge in [0.25, 0.3) is 0 Å². The molecule has 1 aliphatic heterocycles. The molecule has 3 nitrogen and oxygen atoms in total. The number of hydrogen-bond donors (Lipinski definition) is 1. The monoisotopic (exact) mass is 228 g/mol. The van der Waals surface area contributed by atoms with Gasteiger partial charge in [-0.1, -0.05) is 20.8 Å². The molecule has 2 unspecified atom stereocenters. The Morgan fingerprint density at radius 1 is 1.38 bits per heavy atom. The first-order chi connectivity index (χ1) is 7.45. The maximum absolute atomic E-state index is 5.47. The maximum atomic E-state index is 5.47. The second kappa shape index (κ2) is 5.99. The minimum atomic E-state index is 0.333. The number of nitrogens with one attached hydrogen (secondary N) is 1. The Bertz CT molecular complexity index is 201. The first kappa shape index (κ1) is 13.9. The fourth-order valence-electron chi connectivity index (χ4n) is 2.41. The molecule has 0 amide bonds. The van der Waals surface area contributed by atoms with E-state index in [-0.39, 0.29) is 0 Å². The zero-order valence-electron chi connectivity index (χ0n) is 11.5. The van der Waals surface area contributed by atoms with Gasteiger partial charge in [0.05, 0.1) is 6.61 Å². The molecular formula is C13H28N2O. The Morgan fingerprint density at radius 3 is 2.62 bits per heavy atom. The Morgan fingerprint density at radius 2 is 2.06 bits per heavy atom. The van der Waals surface area contributed by atoms with Gasteiger partial charge in [-0.05, 0) is 19.3 Å². The predicted octanol–water partition coefficient (Wildman–Crippen LogP) is 1.73. The summed E-state index contributed by atoms with van der Waals surface area (Å²) in [6, 6.07) is 1.21.